The van der Waals surface area contributed by atoms with Crippen LogP contribution in [-0.4, -0.2) is 6.54 Å². The lowest BCUT2D eigenvalue weighted by atomic mass is 10.1. The normalized spacial score (nSPS) is 10.8. The minimum atomic E-state index is 0.825. The van der Waals surface area contributed by atoms with Gasteiger partial charge in [-0.1, -0.05) is 41.4 Å². The summed E-state index contributed by atoms with van der Waals surface area (Å²) in [7, 11) is 0. The average molecular weight is 345 g/mol. The van der Waals surface area contributed by atoms with Crippen molar-refractivity contribution >= 4 is 38.9 Å². The van der Waals surface area contributed by atoms with Gasteiger partial charge in [0.2, 0.25) is 0 Å². The number of hydrogen-bond donors (Lipinski definition) is 1. The maximum Gasteiger partial charge on any atom is 0.107 e. The Kier molecular flexibility index (Phi) is 5.25. The lowest BCUT2D eigenvalue weighted by Gasteiger charge is -2.04. The van der Waals surface area contributed by atoms with E-state index in [0.717, 1.165) is 28.3 Å². The maximum atomic E-state index is 6.00. The number of benzene rings is 1. The first-order chi connectivity index (χ1) is 8.65. The number of hydrogen-bond acceptors (Lipinski definition) is 2. The Morgan fingerprint density at radius 3 is 2.83 bits per heavy atom. The number of nitrogens with one attached hydrogen (secondary N) is 1. The van der Waals surface area contributed by atoms with Gasteiger partial charge in [-0.3, -0.25) is 0 Å². The predicted molar refractivity (Wildman–Crippen MR) is 83.6 cm³/mol. The molecule has 0 radical (unpaired) electrons. The number of thiophene rings is 1. The number of halogens is 2. The zero-order chi connectivity index (χ0) is 13.0. The van der Waals surface area contributed by atoms with Crippen LogP contribution in [0.3, 0.4) is 0 Å². The fraction of sp³-hybridized carbons (Fsp3) is 0.286. The van der Waals surface area contributed by atoms with Crippen molar-refractivity contribution in [3.8, 4) is 0 Å². The van der Waals surface area contributed by atoms with Gasteiger partial charge in [-0.15, -0.1) is 11.3 Å². The van der Waals surface area contributed by atoms with Gasteiger partial charge in [0.05, 0.1) is 0 Å². The van der Waals surface area contributed by atoms with E-state index >= 15 is 0 Å². The van der Waals surface area contributed by atoms with Crippen molar-refractivity contribution in [3.63, 3.8) is 0 Å². The summed E-state index contributed by atoms with van der Waals surface area (Å²) in [6, 6.07) is 10.7. The molecular formula is C14H15BrClNS. The topological polar surface area (TPSA) is 12.0 Å². The van der Waals surface area contributed by atoms with Gasteiger partial charge in [-0.05, 0) is 47.4 Å². The van der Waals surface area contributed by atoms with Gasteiger partial charge in [0, 0.05) is 15.9 Å². The second-order valence-electron chi connectivity index (χ2n) is 4.25. The highest BCUT2D eigenvalue weighted by molar-refractivity contribution is 9.10. The highest BCUT2D eigenvalue weighted by atomic mass is 79.9. The summed E-state index contributed by atoms with van der Waals surface area (Å²) in [6.07, 6.45) is 1.06. The van der Waals surface area contributed by atoms with Crippen LogP contribution in [0.5, 0.6) is 0 Å². The van der Waals surface area contributed by atoms with Crippen molar-refractivity contribution in [2.45, 2.75) is 19.9 Å². The molecule has 4 heteroatoms. The van der Waals surface area contributed by atoms with E-state index in [1.54, 1.807) is 11.3 Å². The first-order valence-corrected chi connectivity index (χ1v) is 7.84. The molecular weight excluding hydrogens is 330 g/mol. The largest absolute Gasteiger partial charge is 0.312 e. The first kappa shape index (κ1) is 14.1. The third-order valence-corrected chi connectivity index (χ3v) is 5.14. The van der Waals surface area contributed by atoms with Gasteiger partial charge < -0.3 is 5.32 Å². The highest BCUT2D eigenvalue weighted by Gasteiger charge is 2.03. The highest BCUT2D eigenvalue weighted by Crippen LogP contribution is 2.31. The summed E-state index contributed by atoms with van der Waals surface area (Å²) in [5.41, 5.74) is 2.70. The quantitative estimate of drug-likeness (QED) is 0.768. The molecule has 0 spiro atoms. The summed E-state index contributed by atoms with van der Waals surface area (Å²) in [6.45, 7) is 3.99. The molecule has 0 bridgehead atoms. The number of rotatable bonds is 5. The van der Waals surface area contributed by atoms with Gasteiger partial charge >= 0.3 is 0 Å². The Hall–Kier alpha value is -0.350. The first-order valence-electron chi connectivity index (χ1n) is 5.85. The van der Waals surface area contributed by atoms with E-state index in [4.69, 9.17) is 11.6 Å². The van der Waals surface area contributed by atoms with Gasteiger partial charge in [0.25, 0.3) is 0 Å². The summed E-state index contributed by atoms with van der Waals surface area (Å²) < 4.78 is 1.81. The second kappa shape index (κ2) is 6.71. The summed E-state index contributed by atoms with van der Waals surface area (Å²) in [4.78, 5) is 1.26. The lowest BCUT2D eigenvalue weighted by Crippen LogP contribution is -2.15. The van der Waals surface area contributed by atoms with Crippen molar-refractivity contribution in [3.05, 3.63) is 55.1 Å². The van der Waals surface area contributed by atoms with E-state index in [0.29, 0.717) is 0 Å². The molecule has 18 heavy (non-hydrogen) atoms. The van der Waals surface area contributed by atoms with E-state index in [1.165, 1.54) is 16.0 Å². The summed E-state index contributed by atoms with van der Waals surface area (Å²) in [5, 5.41) is 3.44. The van der Waals surface area contributed by atoms with Crippen LogP contribution in [0.1, 0.15) is 16.0 Å². The van der Waals surface area contributed by atoms with Gasteiger partial charge in [-0.25, -0.2) is 0 Å². The third-order valence-electron chi connectivity index (χ3n) is 2.67. The fourth-order valence-corrected chi connectivity index (χ4v) is 3.55. The third kappa shape index (κ3) is 4.09. The Bertz CT molecular complexity index is 505. The molecule has 0 unspecified atom stereocenters. The van der Waals surface area contributed by atoms with E-state index in [1.807, 2.05) is 0 Å². The Morgan fingerprint density at radius 2 is 2.17 bits per heavy atom. The van der Waals surface area contributed by atoms with E-state index in [2.05, 4.69) is 58.5 Å². The predicted octanol–water partition coefficient (Wildman–Crippen LogP) is 4.80. The average Bonchev–Trinajstić information content (AvgIpc) is 2.65. The van der Waals surface area contributed by atoms with Crippen LogP contribution in [0.2, 0.25) is 4.34 Å². The minimum absolute atomic E-state index is 0.825. The molecule has 0 saturated heterocycles. The molecule has 0 fully saturated rings. The van der Waals surface area contributed by atoms with Gasteiger partial charge in [0.1, 0.15) is 4.34 Å². The van der Waals surface area contributed by atoms with Crippen molar-refractivity contribution in [2.75, 3.05) is 6.54 Å². The van der Waals surface area contributed by atoms with Crippen molar-refractivity contribution in [1.29, 1.82) is 0 Å². The van der Waals surface area contributed by atoms with Crippen LogP contribution in [0.15, 0.2) is 34.8 Å². The molecule has 0 atom stereocenters. The molecule has 0 amide bonds. The van der Waals surface area contributed by atoms with Gasteiger partial charge in [0.15, 0.2) is 0 Å². The standard InChI is InChI=1S/C14H15BrClNS/c1-10-3-2-4-11(7-10)5-6-17-9-12-8-13(15)14(16)18-12/h2-4,7-8,17H,5-6,9H2,1H3. The molecule has 0 aliphatic rings. The molecule has 2 aromatic rings. The molecule has 0 saturated carbocycles. The molecule has 1 aromatic heterocycles. The van der Waals surface area contributed by atoms with Crippen LogP contribution >= 0.6 is 38.9 Å². The van der Waals surface area contributed by atoms with Crippen molar-refractivity contribution in [2.24, 2.45) is 0 Å². The zero-order valence-electron chi connectivity index (χ0n) is 10.2. The summed E-state index contributed by atoms with van der Waals surface area (Å²) in [5.74, 6) is 0. The van der Waals surface area contributed by atoms with Crippen LogP contribution in [0.25, 0.3) is 0 Å². The molecule has 1 heterocycles. The zero-order valence-corrected chi connectivity index (χ0v) is 13.3. The Morgan fingerprint density at radius 1 is 1.33 bits per heavy atom. The second-order valence-corrected chi connectivity index (χ2v) is 6.84. The monoisotopic (exact) mass is 343 g/mol. The molecule has 1 nitrogen and oxygen atoms in total. The SMILES string of the molecule is Cc1cccc(CCNCc2cc(Br)c(Cl)s2)c1. The van der Waals surface area contributed by atoms with Crippen LogP contribution in [-0.2, 0) is 13.0 Å². The fourth-order valence-electron chi connectivity index (χ4n) is 1.79. The van der Waals surface area contributed by atoms with Crippen LogP contribution in [0.4, 0.5) is 0 Å². The molecule has 1 N–H and O–H groups in total. The molecule has 96 valence electrons. The van der Waals surface area contributed by atoms with Gasteiger partial charge in [-0.2, -0.15) is 0 Å². The van der Waals surface area contributed by atoms with Crippen molar-refractivity contribution in [1.82, 2.24) is 5.32 Å². The molecule has 0 aliphatic carbocycles. The maximum absolute atomic E-state index is 6.00. The van der Waals surface area contributed by atoms with Crippen molar-refractivity contribution < 1.29 is 0 Å². The summed E-state index contributed by atoms with van der Waals surface area (Å²) >= 11 is 11.0. The molecule has 2 rings (SSSR count). The minimum Gasteiger partial charge on any atom is -0.312 e. The van der Waals surface area contributed by atoms with E-state index in [9.17, 15) is 0 Å². The Balaban J connectivity index is 1.76. The molecule has 0 aliphatic heterocycles. The smallest absolute Gasteiger partial charge is 0.107 e. The number of aryl methyl sites for hydroxylation is 1. The van der Waals surface area contributed by atoms with E-state index in [-0.39, 0.29) is 0 Å². The molecule has 1 aromatic carbocycles. The van der Waals surface area contributed by atoms with E-state index < -0.39 is 0 Å². The lowest BCUT2D eigenvalue weighted by molar-refractivity contribution is 0.693. The Labute approximate surface area is 125 Å². The van der Waals surface area contributed by atoms with Crippen LogP contribution in [0, 0.1) is 6.92 Å². The van der Waals surface area contributed by atoms with Crippen LogP contribution < -0.4 is 5.32 Å².